The average Bonchev–Trinajstić information content (AvgIpc) is 2.69. The van der Waals surface area contributed by atoms with Crippen molar-refractivity contribution >= 4 is 29.9 Å². The van der Waals surface area contributed by atoms with E-state index in [1.807, 2.05) is 6.07 Å². The molecule has 0 aliphatic carbocycles. The van der Waals surface area contributed by atoms with E-state index in [9.17, 15) is 0 Å². The first kappa shape index (κ1) is 24.1. The molecule has 0 atom stereocenters. The highest BCUT2D eigenvalue weighted by molar-refractivity contribution is 14.0. The van der Waals surface area contributed by atoms with Gasteiger partial charge in [-0.1, -0.05) is 30.3 Å². The Labute approximate surface area is 181 Å². The van der Waals surface area contributed by atoms with E-state index in [4.69, 9.17) is 9.47 Å². The summed E-state index contributed by atoms with van der Waals surface area (Å²) >= 11 is 0. The van der Waals surface area contributed by atoms with Crippen LogP contribution in [-0.4, -0.2) is 76.6 Å². The lowest BCUT2D eigenvalue weighted by Crippen LogP contribution is -2.44. The maximum Gasteiger partial charge on any atom is 0.191 e. The van der Waals surface area contributed by atoms with Crippen LogP contribution in [0.15, 0.2) is 35.3 Å². The number of nitrogens with zero attached hydrogens (tertiary/aromatic N) is 2. The van der Waals surface area contributed by atoms with E-state index in [2.05, 4.69) is 51.7 Å². The first-order chi connectivity index (χ1) is 12.9. The largest absolute Gasteiger partial charge is 0.381 e. The predicted molar refractivity (Wildman–Crippen MR) is 122 cm³/mol. The molecule has 1 aromatic carbocycles. The van der Waals surface area contributed by atoms with Gasteiger partial charge >= 0.3 is 0 Å². The summed E-state index contributed by atoms with van der Waals surface area (Å²) in [6.45, 7) is 10.9. The molecule has 0 amide bonds. The van der Waals surface area contributed by atoms with Crippen LogP contribution in [0.5, 0.6) is 0 Å². The Bertz CT molecular complexity index is 496. The first-order valence-corrected chi connectivity index (χ1v) is 9.82. The van der Waals surface area contributed by atoms with Crippen LogP contribution in [0.1, 0.15) is 18.9 Å². The second-order valence-electron chi connectivity index (χ2n) is 6.34. The number of hydrogen-bond acceptors (Lipinski definition) is 4. The highest BCUT2D eigenvalue weighted by Crippen LogP contribution is 1.99. The van der Waals surface area contributed by atoms with Gasteiger partial charge in [-0.15, -0.1) is 24.0 Å². The van der Waals surface area contributed by atoms with Crippen LogP contribution < -0.4 is 10.6 Å². The monoisotopic (exact) mass is 490 g/mol. The van der Waals surface area contributed by atoms with Crippen LogP contribution in [0.3, 0.4) is 0 Å². The van der Waals surface area contributed by atoms with Crippen LogP contribution in [0.2, 0.25) is 0 Å². The third kappa shape index (κ3) is 11.5. The number of guanidine groups is 1. The molecule has 2 rings (SSSR count). The number of hydrogen-bond donors (Lipinski definition) is 2. The molecule has 0 saturated carbocycles. The fourth-order valence-corrected chi connectivity index (χ4v) is 2.79. The quantitative estimate of drug-likeness (QED) is 0.216. The zero-order valence-corrected chi connectivity index (χ0v) is 18.8. The minimum Gasteiger partial charge on any atom is -0.381 e. The van der Waals surface area contributed by atoms with Crippen LogP contribution >= 0.6 is 24.0 Å². The standard InChI is InChI=1S/C20H34N4O2.HI/c1-2-21-20(23-11-12-24-13-17-26-18-14-24)22-10-6-15-25-16-9-19-7-4-3-5-8-19;/h3-5,7-8H,2,6,9-18H2,1H3,(H2,21,22,23);1H. The van der Waals surface area contributed by atoms with Crippen LogP contribution in [0.25, 0.3) is 0 Å². The molecular weight excluding hydrogens is 455 g/mol. The van der Waals surface area contributed by atoms with Crippen molar-refractivity contribution in [3.05, 3.63) is 35.9 Å². The number of nitrogens with one attached hydrogen (secondary N) is 2. The number of ether oxygens (including phenoxy) is 2. The molecule has 27 heavy (non-hydrogen) atoms. The third-order valence-corrected chi connectivity index (χ3v) is 4.26. The van der Waals surface area contributed by atoms with E-state index in [1.54, 1.807) is 0 Å². The second-order valence-corrected chi connectivity index (χ2v) is 6.34. The van der Waals surface area contributed by atoms with Gasteiger partial charge in [0.25, 0.3) is 0 Å². The van der Waals surface area contributed by atoms with Gasteiger partial charge in [0, 0.05) is 45.9 Å². The fourth-order valence-electron chi connectivity index (χ4n) is 2.79. The summed E-state index contributed by atoms with van der Waals surface area (Å²) in [6.07, 6.45) is 1.91. The molecule has 0 radical (unpaired) electrons. The third-order valence-electron chi connectivity index (χ3n) is 4.26. The Balaban J connectivity index is 0.00000364. The lowest BCUT2D eigenvalue weighted by Gasteiger charge is -2.26. The molecule has 2 N–H and O–H groups in total. The van der Waals surface area contributed by atoms with Crippen molar-refractivity contribution in [1.82, 2.24) is 15.5 Å². The molecule has 7 heteroatoms. The van der Waals surface area contributed by atoms with Crippen molar-refractivity contribution in [2.45, 2.75) is 19.8 Å². The van der Waals surface area contributed by atoms with Gasteiger partial charge in [-0.05, 0) is 25.3 Å². The van der Waals surface area contributed by atoms with E-state index >= 15 is 0 Å². The predicted octanol–water partition coefficient (Wildman–Crippen LogP) is 2.14. The summed E-state index contributed by atoms with van der Waals surface area (Å²) in [7, 11) is 0. The SMILES string of the molecule is CCNC(=NCCCOCCc1ccccc1)NCCN1CCOCC1.I. The number of benzene rings is 1. The second kappa shape index (κ2) is 16.1. The van der Waals surface area contributed by atoms with Crippen LogP contribution in [0, 0.1) is 0 Å². The molecule has 1 saturated heterocycles. The van der Waals surface area contributed by atoms with Gasteiger partial charge in [-0.2, -0.15) is 0 Å². The smallest absolute Gasteiger partial charge is 0.191 e. The zero-order chi connectivity index (χ0) is 18.3. The molecule has 0 bridgehead atoms. The summed E-state index contributed by atoms with van der Waals surface area (Å²) in [4.78, 5) is 7.04. The minimum absolute atomic E-state index is 0. The summed E-state index contributed by atoms with van der Waals surface area (Å²) in [6, 6.07) is 10.5. The van der Waals surface area contributed by atoms with E-state index in [-0.39, 0.29) is 24.0 Å². The first-order valence-electron chi connectivity index (χ1n) is 9.82. The molecule has 6 nitrogen and oxygen atoms in total. The van der Waals surface area contributed by atoms with Crippen molar-refractivity contribution in [3.63, 3.8) is 0 Å². The van der Waals surface area contributed by atoms with Crippen molar-refractivity contribution in [3.8, 4) is 0 Å². The van der Waals surface area contributed by atoms with Gasteiger partial charge in [0.05, 0.1) is 19.8 Å². The maximum atomic E-state index is 5.71. The Morgan fingerprint density at radius 2 is 1.93 bits per heavy atom. The highest BCUT2D eigenvalue weighted by Gasteiger charge is 2.09. The van der Waals surface area contributed by atoms with Gasteiger partial charge in [-0.3, -0.25) is 9.89 Å². The molecule has 0 spiro atoms. The normalized spacial score (nSPS) is 15.2. The highest BCUT2D eigenvalue weighted by atomic mass is 127. The van der Waals surface area contributed by atoms with Crippen molar-refractivity contribution in [1.29, 1.82) is 0 Å². The van der Waals surface area contributed by atoms with E-state index < -0.39 is 0 Å². The molecule has 1 aliphatic heterocycles. The molecule has 1 heterocycles. The topological polar surface area (TPSA) is 58.1 Å². The van der Waals surface area contributed by atoms with E-state index in [0.717, 1.165) is 84.5 Å². The van der Waals surface area contributed by atoms with Crippen LogP contribution in [-0.2, 0) is 15.9 Å². The summed E-state index contributed by atoms with van der Waals surface area (Å²) < 4.78 is 11.1. The summed E-state index contributed by atoms with van der Waals surface area (Å²) in [5, 5.41) is 6.71. The number of halogens is 1. The van der Waals surface area contributed by atoms with Crippen molar-refractivity contribution in [2.75, 3.05) is 65.7 Å². The molecule has 1 fully saturated rings. The number of rotatable bonds is 11. The Morgan fingerprint density at radius 3 is 2.67 bits per heavy atom. The molecule has 1 aromatic rings. The lowest BCUT2D eigenvalue weighted by molar-refractivity contribution is 0.0389. The minimum atomic E-state index is 0. The molecule has 0 aromatic heterocycles. The van der Waals surface area contributed by atoms with E-state index in [1.165, 1.54) is 5.56 Å². The van der Waals surface area contributed by atoms with Gasteiger partial charge in [0.1, 0.15) is 0 Å². The Hall–Kier alpha value is -0.900. The molecule has 0 unspecified atom stereocenters. The number of morpholine rings is 1. The maximum absolute atomic E-state index is 5.71. The summed E-state index contributed by atoms with van der Waals surface area (Å²) in [5.41, 5.74) is 1.32. The lowest BCUT2D eigenvalue weighted by atomic mass is 10.2. The number of aliphatic imine (C=N–C) groups is 1. The van der Waals surface area contributed by atoms with Crippen LogP contribution in [0.4, 0.5) is 0 Å². The molecule has 1 aliphatic rings. The average molecular weight is 490 g/mol. The van der Waals surface area contributed by atoms with Gasteiger partial charge in [0.15, 0.2) is 5.96 Å². The molecular formula is C20H35IN4O2. The van der Waals surface area contributed by atoms with E-state index in [0.29, 0.717) is 0 Å². The zero-order valence-electron chi connectivity index (χ0n) is 16.5. The van der Waals surface area contributed by atoms with Crippen molar-refractivity contribution < 1.29 is 9.47 Å². The Kier molecular flexibility index (Phi) is 14.4. The molecule has 154 valence electrons. The Morgan fingerprint density at radius 1 is 1.15 bits per heavy atom. The van der Waals surface area contributed by atoms with Gasteiger partial charge in [-0.25, -0.2) is 0 Å². The van der Waals surface area contributed by atoms with Gasteiger partial charge in [0.2, 0.25) is 0 Å². The summed E-state index contributed by atoms with van der Waals surface area (Å²) in [5.74, 6) is 0.894. The fraction of sp³-hybridized carbons (Fsp3) is 0.650. The van der Waals surface area contributed by atoms with Gasteiger partial charge < -0.3 is 20.1 Å². The van der Waals surface area contributed by atoms with Crippen molar-refractivity contribution in [2.24, 2.45) is 4.99 Å².